The fraction of sp³-hybridized carbons (Fsp3) is 0.318. The van der Waals surface area contributed by atoms with Crippen LogP contribution >= 0.6 is 0 Å². The van der Waals surface area contributed by atoms with E-state index >= 15 is 0 Å². The number of amides is 2. The molecule has 0 aromatic heterocycles. The maximum absolute atomic E-state index is 12.3. The lowest BCUT2D eigenvalue weighted by Gasteiger charge is -2.17. The van der Waals surface area contributed by atoms with Crippen LogP contribution in [0.1, 0.15) is 22.3 Å². The molecule has 2 rings (SSSR count). The van der Waals surface area contributed by atoms with E-state index in [0.717, 1.165) is 5.56 Å². The average molecular weight is 414 g/mol. The van der Waals surface area contributed by atoms with E-state index in [1.807, 2.05) is 30.3 Å². The number of ether oxygens (including phenoxy) is 3. The molecule has 8 heteroatoms. The molecule has 0 aliphatic carbocycles. The highest BCUT2D eigenvalue weighted by Crippen LogP contribution is 2.27. The van der Waals surface area contributed by atoms with E-state index in [-0.39, 0.29) is 24.8 Å². The number of carbonyl (C=O) groups is 3. The molecule has 0 aliphatic rings. The molecular weight excluding hydrogens is 388 g/mol. The molecule has 2 N–H and O–H groups in total. The predicted octanol–water partition coefficient (Wildman–Crippen LogP) is 1.72. The summed E-state index contributed by atoms with van der Waals surface area (Å²) >= 11 is 0. The molecule has 160 valence electrons. The molecule has 0 fully saturated rings. The van der Waals surface area contributed by atoms with E-state index < -0.39 is 12.0 Å². The highest BCUT2D eigenvalue weighted by atomic mass is 16.5. The van der Waals surface area contributed by atoms with Gasteiger partial charge in [0.2, 0.25) is 5.91 Å². The van der Waals surface area contributed by atoms with Crippen molar-refractivity contribution in [2.45, 2.75) is 18.9 Å². The number of benzene rings is 2. The van der Waals surface area contributed by atoms with Crippen LogP contribution < -0.4 is 20.1 Å². The van der Waals surface area contributed by atoms with Gasteiger partial charge in [0.1, 0.15) is 6.04 Å². The molecule has 0 radical (unpaired) electrons. The summed E-state index contributed by atoms with van der Waals surface area (Å²) in [6, 6.07) is 13.3. The van der Waals surface area contributed by atoms with E-state index in [9.17, 15) is 14.4 Å². The molecular formula is C22H26N2O6. The first kappa shape index (κ1) is 22.7. The SMILES string of the molecule is COC(=O)C(Cc1ccccc1)NC(=O)CCNC(=O)c1ccc(OC)c(OC)c1. The van der Waals surface area contributed by atoms with Crippen molar-refractivity contribution in [2.24, 2.45) is 0 Å². The van der Waals surface area contributed by atoms with Gasteiger partial charge in [0.15, 0.2) is 11.5 Å². The zero-order chi connectivity index (χ0) is 21.9. The fourth-order valence-electron chi connectivity index (χ4n) is 2.82. The van der Waals surface area contributed by atoms with Crippen molar-refractivity contribution in [1.82, 2.24) is 10.6 Å². The summed E-state index contributed by atoms with van der Waals surface area (Å²) in [6.07, 6.45) is 0.332. The van der Waals surface area contributed by atoms with Crippen LogP contribution in [0.3, 0.4) is 0 Å². The molecule has 0 saturated heterocycles. The summed E-state index contributed by atoms with van der Waals surface area (Å²) in [4.78, 5) is 36.6. The maximum atomic E-state index is 12.3. The third-order valence-corrected chi connectivity index (χ3v) is 4.39. The van der Waals surface area contributed by atoms with Gasteiger partial charge in [0.05, 0.1) is 21.3 Å². The molecule has 8 nitrogen and oxygen atoms in total. The van der Waals surface area contributed by atoms with Crippen molar-refractivity contribution < 1.29 is 28.6 Å². The predicted molar refractivity (Wildman–Crippen MR) is 111 cm³/mol. The average Bonchev–Trinajstić information content (AvgIpc) is 2.78. The van der Waals surface area contributed by atoms with Gasteiger partial charge in [-0.25, -0.2) is 4.79 Å². The van der Waals surface area contributed by atoms with Crippen LogP contribution in [0.25, 0.3) is 0 Å². The Morgan fingerprint density at radius 3 is 2.27 bits per heavy atom. The highest BCUT2D eigenvalue weighted by molar-refractivity contribution is 5.95. The Kier molecular flexibility index (Phi) is 8.68. The normalized spacial score (nSPS) is 11.2. The lowest BCUT2D eigenvalue weighted by atomic mass is 10.1. The fourth-order valence-corrected chi connectivity index (χ4v) is 2.82. The Bertz CT molecular complexity index is 869. The Morgan fingerprint density at radius 1 is 0.933 bits per heavy atom. The third-order valence-electron chi connectivity index (χ3n) is 4.39. The molecule has 2 aromatic carbocycles. The van der Waals surface area contributed by atoms with Crippen LogP contribution in [0.5, 0.6) is 11.5 Å². The first-order chi connectivity index (χ1) is 14.5. The molecule has 1 atom stereocenters. The summed E-state index contributed by atoms with van der Waals surface area (Å²) in [7, 11) is 4.27. The van der Waals surface area contributed by atoms with Crippen LogP contribution in [0.15, 0.2) is 48.5 Å². The quantitative estimate of drug-likeness (QED) is 0.574. The minimum absolute atomic E-state index is 0.0152. The first-order valence-electron chi connectivity index (χ1n) is 9.39. The number of nitrogens with one attached hydrogen (secondary N) is 2. The van der Waals surface area contributed by atoms with E-state index in [0.29, 0.717) is 23.5 Å². The van der Waals surface area contributed by atoms with Crippen LogP contribution in [-0.2, 0) is 20.7 Å². The number of hydrogen-bond acceptors (Lipinski definition) is 6. The lowest BCUT2D eigenvalue weighted by Crippen LogP contribution is -2.44. The molecule has 1 unspecified atom stereocenters. The molecule has 2 amide bonds. The molecule has 30 heavy (non-hydrogen) atoms. The van der Waals surface area contributed by atoms with Crippen molar-refractivity contribution in [2.75, 3.05) is 27.9 Å². The molecule has 2 aromatic rings. The van der Waals surface area contributed by atoms with Gasteiger partial charge in [0.25, 0.3) is 5.91 Å². The second-order valence-corrected chi connectivity index (χ2v) is 6.41. The van der Waals surface area contributed by atoms with Gasteiger partial charge in [-0.05, 0) is 23.8 Å². The Morgan fingerprint density at radius 2 is 1.63 bits per heavy atom. The Hall–Kier alpha value is -3.55. The van der Waals surface area contributed by atoms with Crippen LogP contribution in [0.2, 0.25) is 0 Å². The van der Waals surface area contributed by atoms with Crippen molar-refractivity contribution in [3.63, 3.8) is 0 Å². The molecule has 0 spiro atoms. The van der Waals surface area contributed by atoms with Crippen molar-refractivity contribution >= 4 is 17.8 Å². The number of methoxy groups -OCH3 is 3. The van der Waals surface area contributed by atoms with Crippen molar-refractivity contribution in [3.05, 3.63) is 59.7 Å². The second kappa shape index (κ2) is 11.5. The second-order valence-electron chi connectivity index (χ2n) is 6.41. The zero-order valence-corrected chi connectivity index (χ0v) is 17.3. The van der Waals surface area contributed by atoms with Crippen LogP contribution in [0, 0.1) is 0 Å². The number of carbonyl (C=O) groups excluding carboxylic acids is 3. The van der Waals surface area contributed by atoms with Crippen LogP contribution in [0.4, 0.5) is 0 Å². The lowest BCUT2D eigenvalue weighted by molar-refractivity contribution is -0.145. The molecule has 0 saturated carbocycles. The number of rotatable bonds is 10. The summed E-state index contributed by atoms with van der Waals surface area (Å²) in [5, 5.41) is 5.33. The van der Waals surface area contributed by atoms with Gasteiger partial charge in [-0.15, -0.1) is 0 Å². The minimum Gasteiger partial charge on any atom is -0.493 e. The number of esters is 1. The Balaban J connectivity index is 1.88. The summed E-state index contributed by atoms with van der Waals surface area (Å²) in [6.45, 7) is 0.109. The third kappa shape index (κ3) is 6.51. The summed E-state index contributed by atoms with van der Waals surface area (Å²) < 4.78 is 15.1. The van der Waals surface area contributed by atoms with Gasteiger partial charge in [-0.3, -0.25) is 9.59 Å². The molecule has 0 heterocycles. The standard InChI is InChI=1S/C22H26N2O6/c1-28-18-10-9-16(14-19(18)29-2)21(26)23-12-11-20(25)24-17(22(27)30-3)13-15-7-5-4-6-8-15/h4-10,14,17H,11-13H2,1-3H3,(H,23,26)(H,24,25). The smallest absolute Gasteiger partial charge is 0.328 e. The van der Waals surface area contributed by atoms with Crippen LogP contribution in [-0.4, -0.2) is 51.7 Å². The molecule has 0 bridgehead atoms. The van der Waals surface area contributed by atoms with E-state index in [4.69, 9.17) is 14.2 Å². The van der Waals surface area contributed by atoms with Gasteiger partial charge in [0, 0.05) is 24.9 Å². The number of hydrogen-bond donors (Lipinski definition) is 2. The monoisotopic (exact) mass is 414 g/mol. The van der Waals surface area contributed by atoms with Gasteiger partial charge >= 0.3 is 5.97 Å². The van der Waals surface area contributed by atoms with E-state index in [1.54, 1.807) is 18.2 Å². The topological polar surface area (TPSA) is 103 Å². The van der Waals surface area contributed by atoms with Crippen molar-refractivity contribution in [3.8, 4) is 11.5 Å². The van der Waals surface area contributed by atoms with E-state index in [2.05, 4.69) is 10.6 Å². The van der Waals surface area contributed by atoms with Gasteiger partial charge in [-0.1, -0.05) is 30.3 Å². The highest BCUT2D eigenvalue weighted by Gasteiger charge is 2.22. The van der Waals surface area contributed by atoms with E-state index in [1.165, 1.54) is 21.3 Å². The zero-order valence-electron chi connectivity index (χ0n) is 17.3. The first-order valence-corrected chi connectivity index (χ1v) is 9.39. The molecule has 0 aliphatic heterocycles. The summed E-state index contributed by atoms with van der Waals surface area (Å²) in [5.41, 5.74) is 1.28. The largest absolute Gasteiger partial charge is 0.493 e. The van der Waals surface area contributed by atoms with Gasteiger partial charge < -0.3 is 24.8 Å². The maximum Gasteiger partial charge on any atom is 0.328 e. The summed E-state index contributed by atoms with van der Waals surface area (Å²) in [5.74, 6) is -0.293. The minimum atomic E-state index is -0.800. The van der Waals surface area contributed by atoms with Gasteiger partial charge in [-0.2, -0.15) is 0 Å². The Labute approximate surface area is 175 Å². The van der Waals surface area contributed by atoms with Crippen molar-refractivity contribution in [1.29, 1.82) is 0 Å².